The second-order valence-electron chi connectivity index (χ2n) is 5.07. The molecule has 1 aromatic heterocycles. The summed E-state index contributed by atoms with van der Waals surface area (Å²) in [6, 6.07) is 11.6. The second-order valence-corrected chi connectivity index (χ2v) is 5.07. The molecule has 0 aliphatic heterocycles. The van der Waals surface area contributed by atoms with Crippen LogP contribution in [0.15, 0.2) is 51.7 Å². The van der Waals surface area contributed by atoms with E-state index in [0.717, 1.165) is 0 Å². The lowest BCUT2D eigenvalue weighted by Crippen LogP contribution is -2.10. The minimum atomic E-state index is -1.14. The van der Waals surface area contributed by atoms with Crippen LogP contribution in [0.4, 0.5) is 0 Å². The van der Waals surface area contributed by atoms with Gasteiger partial charge >= 0.3 is 5.97 Å². The van der Waals surface area contributed by atoms with E-state index in [4.69, 9.17) is 9.15 Å². The smallest absolute Gasteiger partial charge is 0.339 e. The molecule has 0 fully saturated rings. The van der Waals surface area contributed by atoms with E-state index in [0.29, 0.717) is 22.6 Å². The largest absolute Gasteiger partial charge is 0.496 e. The van der Waals surface area contributed by atoms with Crippen LogP contribution in [0.5, 0.6) is 5.75 Å². The zero-order valence-electron chi connectivity index (χ0n) is 12.6. The van der Waals surface area contributed by atoms with Crippen molar-refractivity contribution in [2.75, 3.05) is 7.11 Å². The number of carboxylic acid groups (broad SMARTS) is 1. The van der Waals surface area contributed by atoms with Crippen LogP contribution in [0.2, 0.25) is 0 Å². The number of ether oxygens (including phenoxy) is 1. The van der Waals surface area contributed by atoms with Crippen LogP contribution in [0.25, 0.3) is 22.3 Å². The van der Waals surface area contributed by atoms with Gasteiger partial charge in [0.1, 0.15) is 17.1 Å². The van der Waals surface area contributed by atoms with Crippen molar-refractivity contribution in [2.24, 2.45) is 0 Å². The Morgan fingerprint density at radius 1 is 1.13 bits per heavy atom. The predicted octanol–water partition coefficient (Wildman–Crippen LogP) is 3.48. The molecule has 1 N–H and O–H groups in total. The van der Waals surface area contributed by atoms with Gasteiger partial charge in [-0.05, 0) is 31.2 Å². The third kappa shape index (κ3) is 2.36. The number of rotatable bonds is 3. The maximum atomic E-state index is 12.6. The first-order valence-electron chi connectivity index (χ1n) is 6.97. The molecule has 0 spiro atoms. The Bertz CT molecular complexity index is 969. The van der Waals surface area contributed by atoms with Gasteiger partial charge in [0.15, 0.2) is 11.0 Å². The van der Waals surface area contributed by atoms with Crippen LogP contribution >= 0.6 is 0 Å². The number of fused-ring (bicyclic) bond motifs is 1. The van der Waals surface area contributed by atoms with Gasteiger partial charge in [-0.2, -0.15) is 0 Å². The number of carboxylic acids is 1. The molecule has 3 rings (SSSR count). The third-order valence-corrected chi connectivity index (χ3v) is 3.73. The molecule has 5 heteroatoms. The first kappa shape index (κ1) is 14.8. The van der Waals surface area contributed by atoms with Gasteiger partial charge in [0.2, 0.25) is 0 Å². The monoisotopic (exact) mass is 310 g/mol. The Hall–Kier alpha value is -3.08. The van der Waals surface area contributed by atoms with Gasteiger partial charge in [-0.25, -0.2) is 4.79 Å². The van der Waals surface area contributed by atoms with E-state index < -0.39 is 5.97 Å². The lowest BCUT2D eigenvalue weighted by molar-refractivity contribution is 0.0698. The standard InChI is InChI=1S/C18H14O5/c1-10-15(19)12-7-5-8-13(18(20)21)17(12)23-16(10)11-6-3-4-9-14(11)22-2/h3-9H,1-2H3,(H,20,21). The van der Waals surface area contributed by atoms with Gasteiger partial charge in [-0.3, -0.25) is 4.79 Å². The van der Waals surface area contributed by atoms with Crippen molar-refractivity contribution in [1.82, 2.24) is 0 Å². The van der Waals surface area contributed by atoms with E-state index in [2.05, 4.69) is 0 Å². The molecule has 0 saturated heterocycles. The number of aromatic carboxylic acids is 1. The van der Waals surface area contributed by atoms with Crippen molar-refractivity contribution >= 4 is 16.9 Å². The van der Waals surface area contributed by atoms with Gasteiger partial charge in [0.05, 0.1) is 18.1 Å². The van der Waals surface area contributed by atoms with Gasteiger partial charge in [-0.1, -0.05) is 18.2 Å². The molecular weight excluding hydrogens is 296 g/mol. The van der Waals surface area contributed by atoms with E-state index in [1.165, 1.54) is 19.2 Å². The van der Waals surface area contributed by atoms with Gasteiger partial charge < -0.3 is 14.3 Å². The molecule has 116 valence electrons. The zero-order valence-corrected chi connectivity index (χ0v) is 12.6. The second kappa shape index (κ2) is 5.61. The molecular formula is C18H14O5. The fourth-order valence-corrected chi connectivity index (χ4v) is 2.57. The molecule has 0 saturated carbocycles. The fraction of sp³-hybridized carbons (Fsp3) is 0.111. The average Bonchev–Trinajstić information content (AvgIpc) is 2.57. The SMILES string of the molecule is COc1ccccc1-c1oc2c(C(=O)O)cccc2c(=O)c1C. The normalized spacial score (nSPS) is 10.7. The Kier molecular flexibility index (Phi) is 3.62. The quantitative estimate of drug-likeness (QED) is 0.801. The van der Waals surface area contributed by atoms with E-state index in [1.54, 1.807) is 37.3 Å². The maximum Gasteiger partial charge on any atom is 0.339 e. The van der Waals surface area contributed by atoms with Crippen molar-refractivity contribution in [1.29, 1.82) is 0 Å². The van der Waals surface area contributed by atoms with Crippen LogP contribution in [0.3, 0.4) is 0 Å². The number of methoxy groups -OCH3 is 1. The van der Waals surface area contributed by atoms with E-state index >= 15 is 0 Å². The van der Waals surface area contributed by atoms with Crippen molar-refractivity contribution < 1.29 is 19.1 Å². The molecule has 0 amide bonds. The molecule has 0 unspecified atom stereocenters. The van der Waals surface area contributed by atoms with E-state index in [1.807, 2.05) is 0 Å². The highest BCUT2D eigenvalue weighted by molar-refractivity contribution is 6.01. The lowest BCUT2D eigenvalue weighted by Gasteiger charge is -2.11. The molecule has 1 heterocycles. The molecule has 0 atom stereocenters. The van der Waals surface area contributed by atoms with Crippen molar-refractivity contribution in [3.63, 3.8) is 0 Å². The molecule has 3 aromatic rings. The minimum absolute atomic E-state index is 0.0456. The summed E-state index contributed by atoms with van der Waals surface area (Å²) in [6.07, 6.45) is 0. The maximum absolute atomic E-state index is 12.6. The zero-order chi connectivity index (χ0) is 16.6. The van der Waals surface area contributed by atoms with E-state index in [-0.39, 0.29) is 22.0 Å². The first-order valence-corrected chi connectivity index (χ1v) is 6.97. The summed E-state index contributed by atoms with van der Waals surface area (Å²) >= 11 is 0. The molecule has 0 bridgehead atoms. The van der Waals surface area contributed by atoms with Crippen LogP contribution in [0, 0.1) is 6.92 Å². The summed E-state index contributed by atoms with van der Waals surface area (Å²) in [5.74, 6) is -0.284. The van der Waals surface area contributed by atoms with E-state index in [9.17, 15) is 14.7 Å². The fourth-order valence-electron chi connectivity index (χ4n) is 2.57. The third-order valence-electron chi connectivity index (χ3n) is 3.73. The van der Waals surface area contributed by atoms with Gasteiger partial charge in [0, 0.05) is 5.56 Å². The van der Waals surface area contributed by atoms with Crippen molar-refractivity contribution in [3.05, 3.63) is 63.8 Å². The highest BCUT2D eigenvalue weighted by Gasteiger charge is 2.19. The topological polar surface area (TPSA) is 76.7 Å². The van der Waals surface area contributed by atoms with Crippen LogP contribution < -0.4 is 10.2 Å². The number of para-hydroxylation sites is 2. The average molecular weight is 310 g/mol. The van der Waals surface area contributed by atoms with Crippen LogP contribution in [0.1, 0.15) is 15.9 Å². The summed E-state index contributed by atoms with van der Waals surface area (Å²) in [5.41, 5.74) is 0.777. The Labute approximate surface area is 131 Å². The number of hydrogen-bond acceptors (Lipinski definition) is 4. The summed E-state index contributed by atoms with van der Waals surface area (Å²) in [7, 11) is 1.52. The Balaban J connectivity index is 2.43. The predicted molar refractivity (Wildman–Crippen MR) is 86.2 cm³/mol. The molecule has 23 heavy (non-hydrogen) atoms. The number of hydrogen-bond donors (Lipinski definition) is 1. The minimum Gasteiger partial charge on any atom is -0.496 e. The number of carbonyl (C=O) groups is 1. The highest BCUT2D eigenvalue weighted by Crippen LogP contribution is 2.33. The Morgan fingerprint density at radius 2 is 1.87 bits per heavy atom. The molecule has 0 aliphatic rings. The Morgan fingerprint density at radius 3 is 2.57 bits per heavy atom. The van der Waals surface area contributed by atoms with Gasteiger partial charge in [-0.15, -0.1) is 0 Å². The van der Waals surface area contributed by atoms with Crippen molar-refractivity contribution in [3.8, 4) is 17.1 Å². The first-order chi connectivity index (χ1) is 11.0. The summed E-state index contributed by atoms with van der Waals surface area (Å²) in [6.45, 7) is 1.65. The summed E-state index contributed by atoms with van der Waals surface area (Å²) < 4.78 is 11.1. The lowest BCUT2D eigenvalue weighted by atomic mass is 10.0. The van der Waals surface area contributed by atoms with Crippen molar-refractivity contribution in [2.45, 2.75) is 6.92 Å². The van der Waals surface area contributed by atoms with Gasteiger partial charge in [0.25, 0.3) is 0 Å². The highest BCUT2D eigenvalue weighted by atomic mass is 16.5. The van der Waals surface area contributed by atoms with Crippen LogP contribution in [-0.4, -0.2) is 18.2 Å². The molecule has 2 aromatic carbocycles. The molecule has 0 aliphatic carbocycles. The van der Waals surface area contributed by atoms with Crippen LogP contribution in [-0.2, 0) is 0 Å². The molecule has 0 radical (unpaired) electrons. The molecule has 5 nitrogen and oxygen atoms in total. The summed E-state index contributed by atoms with van der Waals surface area (Å²) in [4.78, 5) is 24.0. The summed E-state index contributed by atoms with van der Waals surface area (Å²) in [5, 5.41) is 9.57. The number of benzene rings is 2.